The lowest BCUT2D eigenvalue weighted by Crippen LogP contribution is -2.06. The van der Waals surface area contributed by atoms with E-state index in [0.717, 1.165) is 17.7 Å². The van der Waals surface area contributed by atoms with Crippen molar-refractivity contribution in [3.8, 4) is 5.69 Å². The van der Waals surface area contributed by atoms with Crippen LogP contribution in [0.1, 0.15) is 30.9 Å². The molecule has 1 aromatic heterocycles. The Morgan fingerprint density at radius 2 is 1.94 bits per heavy atom. The molecule has 0 fully saturated rings. The SMILES string of the molecule is CC(C)c1cnn(-c2cccc(C(F)(F)F)c2)c1. The van der Waals surface area contributed by atoms with E-state index in [9.17, 15) is 13.2 Å². The maximum Gasteiger partial charge on any atom is 0.416 e. The first-order valence-corrected chi connectivity index (χ1v) is 5.60. The van der Waals surface area contributed by atoms with Crippen LogP contribution in [-0.4, -0.2) is 9.78 Å². The molecule has 0 unspecified atom stereocenters. The summed E-state index contributed by atoms with van der Waals surface area (Å²) in [5.41, 5.74) is 0.741. The van der Waals surface area contributed by atoms with Crippen molar-refractivity contribution >= 4 is 0 Å². The van der Waals surface area contributed by atoms with Gasteiger partial charge in [0.05, 0.1) is 17.4 Å². The average Bonchev–Trinajstić information content (AvgIpc) is 2.77. The minimum absolute atomic E-state index is 0.296. The second kappa shape index (κ2) is 4.48. The Balaban J connectivity index is 2.38. The van der Waals surface area contributed by atoms with E-state index >= 15 is 0 Å². The van der Waals surface area contributed by atoms with E-state index in [1.165, 1.54) is 10.7 Å². The maximum absolute atomic E-state index is 12.6. The van der Waals surface area contributed by atoms with Crippen molar-refractivity contribution in [2.45, 2.75) is 25.9 Å². The van der Waals surface area contributed by atoms with Gasteiger partial charge in [0.2, 0.25) is 0 Å². The molecule has 0 N–H and O–H groups in total. The number of hydrogen-bond donors (Lipinski definition) is 0. The lowest BCUT2D eigenvalue weighted by molar-refractivity contribution is -0.137. The van der Waals surface area contributed by atoms with Crippen molar-refractivity contribution in [3.63, 3.8) is 0 Å². The second-order valence-electron chi connectivity index (χ2n) is 4.42. The smallest absolute Gasteiger partial charge is 0.241 e. The highest BCUT2D eigenvalue weighted by atomic mass is 19.4. The molecule has 18 heavy (non-hydrogen) atoms. The van der Waals surface area contributed by atoms with E-state index in [2.05, 4.69) is 5.10 Å². The van der Waals surface area contributed by atoms with Gasteiger partial charge < -0.3 is 0 Å². The van der Waals surface area contributed by atoms with Gasteiger partial charge in [-0.25, -0.2) is 4.68 Å². The van der Waals surface area contributed by atoms with Crippen molar-refractivity contribution < 1.29 is 13.2 Å². The molecule has 5 heteroatoms. The van der Waals surface area contributed by atoms with Gasteiger partial charge in [-0.3, -0.25) is 0 Å². The highest BCUT2D eigenvalue weighted by Crippen LogP contribution is 2.30. The summed E-state index contributed by atoms with van der Waals surface area (Å²) in [5, 5.41) is 4.08. The first-order chi connectivity index (χ1) is 8.38. The second-order valence-corrected chi connectivity index (χ2v) is 4.42. The third kappa shape index (κ3) is 2.55. The fourth-order valence-electron chi connectivity index (χ4n) is 1.60. The van der Waals surface area contributed by atoms with Gasteiger partial charge in [0, 0.05) is 6.20 Å². The Morgan fingerprint density at radius 1 is 1.22 bits per heavy atom. The van der Waals surface area contributed by atoms with Gasteiger partial charge in [0.15, 0.2) is 0 Å². The molecular formula is C13H13F3N2. The Bertz CT molecular complexity index is 541. The molecule has 0 aliphatic heterocycles. The third-order valence-electron chi connectivity index (χ3n) is 2.71. The molecule has 0 bridgehead atoms. The molecular weight excluding hydrogens is 241 g/mol. The molecule has 1 heterocycles. The number of halogens is 3. The average molecular weight is 254 g/mol. The summed E-state index contributed by atoms with van der Waals surface area (Å²) in [7, 11) is 0. The molecule has 2 aromatic rings. The van der Waals surface area contributed by atoms with Gasteiger partial charge in [0.1, 0.15) is 0 Å². The predicted octanol–water partition coefficient (Wildman–Crippen LogP) is 4.01. The fourth-order valence-corrected chi connectivity index (χ4v) is 1.60. The summed E-state index contributed by atoms with van der Waals surface area (Å²) in [6, 6.07) is 5.13. The van der Waals surface area contributed by atoms with Crippen molar-refractivity contribution in [1.82, 2.24) is 9.78 Å². The van der Waals surface area contributed by atoms with Crippen LogP contribution >= 0.6 is 0 Å². The first kappa shape index (κ1) is 12.7. The molecule has 0 aliphatic carbocycles. The molecule has 2 nitrogen and oxygen atoms in total. The molecule has 0 atom stereocenters. The molecule has 0 amide bonds. The number of aromatic nitrogens is 2. The van der Waals surface area contributed by atoms with Crippen LogP contribution in [0.2, 0.25) is 0 Å². The van der Waals surface area contributed by atoms with Crippen LogP contribution in [0.25, 0.3) is 5.69 Å². The Hall–Kier alpha value is -1.78. The molecule has 0 radical (unpaired) electrons. The number of alkyl halides is 3. The highest BCUT2D eigenvalue weighted by Gasteiger charge is 2.30. The van der Waals surface area contributed by atoms with Gasteiger partial charge in [-0.15, -0.1) is 0 Å². The van der Waals surface area contributed by atoms with Crippen LogP contribution < -0.4 is 0 Å². The largest absolute Gasteiger partial charge is 0.416 e. The summed E-state index contributed by atoms with van der Waals surface area (Å²) in [6.45, 7) is 4.01. The summed E-state index contributed by atoms with van der Waals surface area (Å²) < 4.78 is 39.2. The zero-order chi connectivity index (χ0) is 13.3. The summed E-state index contributed by atoms with van der Waals surface area (Å²) >= 11 is 0. The third-order valence-corrected chi connectivity index (χ3v) is 2.71. The van der Waals surface area contributed by atoms with Crippen LogP contribution in [0.3, 0.4) is 0 Å². The molecule has 1 aromatic carbocycles. The Labute approximate surface area is 103 Å². The first-order valence-electron chi connectivity index (χ1n) is 5.60. The molecule has 0 spiro atoms. The van der Waals surface area contributed by atoms with E-state index in [1.807, 2.05) is 13.8 Å². The normalized spacial score (nSPS) is 12.1. The maximum atomic E-state index is 12.6. The van der Waals surface area contributed by atoms with Crippen molar-refractivity contribution in [2.75, 3.05) is 0 Å². The summed E-state index contributed by atoms with van der Waals surface area (Å²) in [4.78, 5) is 0. The zero-order valence-corrected chi connectivity index (χ0v) is 10.1. The summed E-state index contributed by atoms with van der Waals surface area (Å²) in [6.07, 6.45) is -0.908. The highest BCUT2D eigenvalue weighted by molar-refractivity contribution is 5.37. The summed E-state index contributed by atoms with van der Waals surface area (Å²) in [5.74, 6) is 0.296. The van der Waals surface area contributed by atoms with E-state index in [4.69, 9.17) is 0 Å². The van der Waals surface area contributed by atoms with Gasteiger partial charge >= 0.3 is 6.18 Å². The lowest BCUT2D eigenvalue weighted by atomic mass is 10.1. The topological polar surface area (TPSA) is 17.8 Å². The van der Waals surface area contributed by atoms with E-state index in [-0.39, 0.29) is 0 Å². The van der Waals surface area contributed by atoms with Gasteiger partial charge in [-0.2, -0.15) is 18.3 Å². The van der Waals surface area contributed by atoms with Crippen LogP contribution in [0.4, 0.5) is 13.2 Å². The number of hydrogen-bond acceptors (Lipinski definition) is 1. The van der Waals surface area contributed by atoms with Gasteiger partial charge in [0.25, 0.3) is 0 Å². The van der Waals surface area contributed by atoms with Crippen LogP contribution in [0.5, 0.6) is 0 Å². The van der Waals surface area contributed by atoms with Crippen molar-refractivity contribution in [2.24, 2.45) is 0 Å². The lowest BCUT2D eigenvalue weighted by Gasteiger charge is -2.08. The van der Waals surface area contributed by atoms with Crippen LogP contribution in [0, 0.1) is 0 Å². The Morgan fingerprint density at radius 3 is 2.50 bits per heavy atom. The number of nitrogens with zero attached hydrogens (tertiary/aromatic N) is 2. The van der Waals surface area contributed by atoms with Gasteiger partial charge in [-0.1, -0.05) is 19.9 Å². The number of benzene rings is 1. The van der Waals surface area contributed by atoms with Crippen molar-refractivity contribution in [3.05, 3.63) is 47.8 Å². The molecule has 0 saturated carbocycles. The Kier molecular flexibility index (Phi) is 3.15. The minimum Gasteiger partial charge on any atom is -0.241 e. The molecule has 0 aliphatic rings. The van der Waals surface area contributed by atoms with E-state index in [1.54, 1.807) is 18.5 Å². The fraction of sp³-hybridized carbons (Fsp3) is 0.308. The van der Waals surface area contributed by atoms with Gasteiger partial charge in [-0.05, 0) is 29.7 Å². The zero-order valence-electron chi connectivity index (χ0n) is 10.1. The standard InChI is InChI=1S/C13H13F3N2/c1-9(2)10-7-17-18(8-10)12-5-3-4-11(6-12)13(14,15)16/h3-9H,1-2H3. The quantitative estimate of drug-likeness (QED) is 0.791. The van der Waals surface area contributed by atoms with Crippen LogP contribution in [0.15, 0.2) is 36.7 Å². The van der Waals surface area contributed by atoms with E-state index < -0.39 is 11.7 Å². The molecule has 0 saturated heterocycles. The predicted molar refractivity (Wildman–Crippen MR) is 62.7 cm³/mol. The monoisotopic (exact) mass is 254 g/mol. The minimum atomic E-state index is -4.33. The van der Waals surface area contributed by atoms with Crippen LogP contribution in [-0.2, 0) is 6.18 Å². The molecule has 96 valence electrons. The van der Waals surface area contributed by atoms with E-state index in [0.29, 0.717) is 11.6 Å². The van der Waals surface area contributed by atoms with Crippen molar-refractivity contribution in [1.29, 1.82) is 0 Å². The molecule has 2 rings (SSSR count). The number of rotatable bonds is 2.